The molecule has 4 heterocycles. The van der Waals surface area contributed by atoms with Crippen LogP contribution in [0.3, 0.4) is 0 Å². The lowest BCUT2D eigenvalue weighted by Crippen LogP contribution is -1.99. The van der Waals surface area contributed by atoms with Gasteiger partial charge in [0.05, 0.1) is 26.4 Å². The van der Waals surface area contributed by atoms with Gasteiger partial charge in [-0.25, -0.2) is 0 Å². The second-order valence-corrected chi connectivity index (χ2v) is 6.43. The number of ether oxygens (including phenoxy) is 4. The van der Waals surface area contributed by atoms with Gasteiger partial charge in [0.2, 0.25) is 0 Å². The number of rotatable bonds is 0. The molecule has 4 bridgehead atoms. The molecular formula is C24H28O4. The molecule has 2 aromatic carbocycles. The van der Waals surface area contributed by atoms with Crippen LogP contribution in [0.4, 0.5) is 0 Å². The van der Waals surface area contributed by atoms with Gasteiger partial charge in [0.15, 0.2) is 0 Å². The first-order valence-corrected chi connectivity index (χ1v) is 9.91. The summed E-state index contributed by atoms with van der Waals surface area (Å²) >= 11 is 0. The van der Waals surface area contributed by atoms with E-state index in [1.54, 1.807) is 0 Å². The quantitative estimate of drug-likeness (QED) is 0.559. The molecule has 0 radical (unpaired) electrons. The molecule has 4 aliphatic heterocycles. The molecule has 6 rings (SSSR count). The van der Waals surface area contributed by atoms with Gasteiger partial charge in [0, 0.05) is 0 Å². The van der Waals surface area contributed by atoms with Gasteiger partial charge in [-0.3, -0.25) is 0 Å². The van der Waals surface area contributed by atoms with E-state index in [0.717, 1.165) is 48.7 Å². The fraction of sp³-hybridized carbons (Fsp3) is 0.333. The van der Waals surface area contributed by atoms with Crippen molar-refractivity contribution in [2.75, 3.05) is 26.4 Å². The molecule has 0 aliphatic carbocycles. The lowest BCUT2D eigenvalue weighted by atomic mass is 10.3. The van der Waals surface area contributed by atoms with Crippen LogP contribution in [0, 0.1) is 0 Å². The number of hydrogen-bond donors (Lipinski definition) is 0. The molecule has 28 heavy (non-hydrogen) atoms. The highest BCUT2D eigenvalue weighted by molar-refractivity contribution is 5.32. The number of benzene rings is 2. The third-order valence-electron chi connectivity index (χ3n) is 4.19. The van der Waals surface area contributed by atoms with Crippen molar-refractivity contribution in [3.05, 3.63) is 72.8 Å². The first kappa shape index (κ1) is 19.9. The normalized spacial score (nSPS) is 18.6. The first-order chi connectivity index (χ1) is 13.9. The van der Waals surface area contributed by atoms with Gasteiger partial charge in [-0.1, -0.05) is 24.3 Å². The Labute approximate surface area is 167 Å². The fourth-order valence-corrected chi connectivity index (χ4v) is 2.71. The summed E-state index contributed by atoms with van der Waals surface area (Å²) in [5, 5.41) is 0. The monoisotopic (exact) mass is 380 g/mol. The maximum atomic E-state index is 5.75. The largest absolute Gasteiger partial charge is 0.493 e. The maximum absolute atomic E-state index is 5.75. The highest BCUT2D eigenvalue weighted by Gasteiger charge is 1.98. The van der Waals surface area contributed by atoms with Crippen LogP contribution in [0.1, 0.15) is 25.7 Å². The molecule has 0 spiro atoms. The molecule has 0 saturated heterocycles. The summed E-state index contributed by atoms with van der Waals surface area (Å²) in [6, 6.07) is 15.6. The molecule has 0 saturated carbocycles. The van der Waals surface area contributed by atoms with Crippen molar-refractivity contribution in [1.82, 2.24) is 0 Å². The summed E-state index contributed by atoms with van der Waals surface area (Å²) in [6.45, 7) is 2.63. The molecule has 0 atom stereocenters. The highest BCUT2D eigenvalue weighted by Crippen LogP contribution is 2.19. The van der Waals surface area contributed by atoms with Crippen molar-refractivity contribution in [2.45, 2.75) is 25.7 Å². The van der Waals surface area contributed by atoms with Crippen LogP contribution in [-0.4, -0.2) is 26.4 Å². The minimum atomic E-state index is 0.657. The van der Waals surface area contributed by atoms with Crippen LogP contribution in [0.15, 0.2) is 72.8 Å². The van der Waals surface area contributed by atoms with Crippen molar-refractivity contribution < 1.29 is 18.9 Å². The Morgan fingerprint density at radius 3 is 0.786 bits per heavy atom. The molecule has 0 unspecified atom stereocenters. The predicted molar refractivity (Wildman–Crippen MR) is 112 cm³/mol. The second kappa shape index (κ2) is 11.8. The van der Waals surface area contributed by atoms with Gasteiger partial charge in [0.1, 0.15) is 23.0 Å². The van der Waals surface area contributed by atoms with Gasteiger partial charge >= 0.3 is 0 Å². The first-order valence-electron chi connectivity index (χ1n) is 9.91. The van der Waals surface area contributed by atoms with E-state index in [0.29, 0.717) is 26.4 Å². The fourth-order valence-electron chi connectivity index (χ4n) is 2.71. The summed E-state index contributed by atoms with van der Waals surface area (Å²) in [5.41, 5.74) is 0. The highest BCUT2D eigenvalue weighted by atomic mass is 16.5. The summed E-state index contributed by atoms with van der Waals surface area (Å²) in [5.74, 6) is 3.45. The average molecular weight is 380 g/mol. The molecule has 0 N–H and O–H groups in total. The van der Waals surface area contributed by atoms with Crippen molar-refractivity contribution >= 4 is 0 Å². The van der Waals surface area contributed by atoms with Crippen LogP contribution in [-0.2, 0) is 0 Å². The lowest BCUT2D eigenvalue weighted by molar-refractivity contribution is 0.312. The summed E-state index contributed by atoms with van der Waals surface area (Å²) < 4.78 is 23.0. The Hall–Kier alpha value is -2.88. The van der Waals surface area contributed by atoms with E-state index < -0.39 is 0 Å². The maximum Gasteiger partial charge on any atom is 0.119 e. The molecule has 4 aliphatic rings. The number of hydrogen-bond acceptors (Lipinski definition) is 4. The molecule has 148 valence electrons. The van der Waals surface area contributed by atoms with Gasteiger partial charge in [-0.05, 0) is 74.2 Å². The van der Waals surface area contributed by atoms with Gasteiger partial charge in [-0.15, -0.1) is 0 Å². The molecular weight excluding hydrogens is 352 g/mol. The Kier molecular flexibility index (Phi) is 8.34. The van der Waals surface area contributed by atoms with Gasteiger partial charge < -0.3 is 18.9 Å². The summed E-state index contributed by atoms with van der Waals surface area (Å²) in [4.78, 5) is 0. The Morgan fingerprint density at radius 2 is 0.571 bits per heavy atom. The van der Waals surface area contributed by atoms with Crippen molar-refractivity contribution in [1.29, 1.82) is 0 Å². The van der Waals surface area contributed by atoms with E-state index in [2.05, 4.69) is 24.3 Å². The third-order valence-corrected chi connectivity index (χ3v) is 4.19. The zero-order valence-corrected chi connectivity index (χ0v) is 16.2. The Bertz CT molecular complexity index is 605. The Morgan fingerprint density at radius 1 is 0.357 bits per heavy atom. The van der Waals surface area contributed by atoms with Crippen molar-refractivity contribution in [2.24, 2.45) is 0 Å². The minimum absolute atomic E-state index is 0.657. The molecule has 0 aromatic heterocycles. The van der Waals surface area contributed by atoms with E-state index in [1.165, 1.54) is 0 Å². The summed E-state index contributed by atoms with van der Waals surface area (Å²) in [6.07, 6.45) is 12.0. The third kappa shape index (κ3) is 7.39. The smallest absolute Gasteiger partial charge is 0.119 e. The van der Waals surface area contributed by atoms with E-state index in [-0.39, 0.29) is 0 Å². The summed E-state index contributed by atoms with van der Waals surface area (Å²) in [7, 11) is 0. The predicted octanol–water partition coefficient (Wildman–Crippen LogP) is 5.59. The SMILES string of the molecule is C1=C\CCOc2ccc(cc2)OCC/C=C\CCOc2ccc(cc2)OCC/1. The average Bonchev–Trinajstić information content (AvgIpc) is 2.73. The zero-order chi connectivity index (χ0) is 19.3. The van der Waals surface area contributed by atoms with Crippen LogP contribution < -0.4 is 18.9 Å². The van der Waals surface area contributed by atoms with Crippen LogP contribution in [0.2, 0.25) is 0 Å². The molecule has 0 amide bonds. The zero-order valence-electron chi connectivity index (χ0n) is 16.2. The van der Waals surface area contributed by atoms with E-state index >= 15 is 0 Å². The van der Waals surface area contributed by atoms with E-state index in [1.807, 2.05) is 48.5 Å². The topological polar surface area (TPSA) is 36.9 Å². The van der Waals surface area contributed by atoms with E-state index in [4.69, 9.17) is 18.9 Å². The lowest BCUT2D eigenvalue weighted by Gasteiger charge is -2.08. The van der Waals surface area contributed by atoms with Crippen LogP contribution in [0.5, 0.6) is 23.0 Å². The van der Waals surface area contributed by atoms with Gasteiger partial charge in [-0.2, -0.15) is 0 Å². The molecule has 4 nitrogen and oxygen atoms in total. The molecule has 4 heteroatoms. The van der Waals surface area contributed by atoms with Crippen LogP contribution in [0.25, 0.3) is 0 Å². The van der Waals surface area contributed by atoms with Gasteiger partial charge in [0.25, 0.3) is 0 Å². The van der Waals surface area contributed by atoms with Crippen molar-refractivity contribution in [3.8, 4) is 23.0 Å². The van der Waals surface area contributed by atoms with E-state index in [9.17, 15) is 0 Å². The molecule has 2 aromatic rings. The van der Waals surface area contributed by atoms with Crippen molar-refractivity contribution in [3.63, 3.8) is 0 Å². The standard InChI is InChI=1S/C24H28O4/c1-2-6-18-26-22-13-15-24(16-14-22)28-20-8-4-3-7-19-27-23-11-9-21(10-12-23)25-17-5-1/h1-4,9-16H,5-8,17-20H2/b2-1-,4-3-. The van der Waals surface area contributed by atoms with Crippen LogP contribution >= 0.6 is 0 Å². The second-order valence-electron chi connectivity index (χ2n) is 6.43. The Balaban J connectivity index is 1.52. The molecule has 0 fully saturated rings. The minimum Gasteiger partial charge on any atom is -0.493 e.